The lowest BCUT2D eigenvalue weighted by molar-refractivity contribution is -0.0289. The lowest BCUT2D eigenvalue weighted by atomic mass is 10.1. The number of sulfonamides is 1. The maximum absolute atomic E-state index is 12.9. The van der Waals surface area contributed by atoms with Gasteiger partial charge in [0.2, 0.25) is 10.0 Å². The van der Waals surface area contributed by atoms with Gasteiger partial charge >= 0.3 is 0 Å². The smallest absolute Gasteiger partial charge is 0.218 e. The zero-order valence-electron chi connectivity index (χ0n) is 14.1. The van der Waals surface area contributed by atoms with Crippen molar-refractivity contribution in [2.45, 2.75) is 31.7 Å². The van der Waals surface area contributed by atoms with Crippen molar-refractivity contribution in [1.82, 2.24) is 4.31 Å². The first kappa shape index (κ1) is 17.1. The molecule has 128 valence electrons. The highest BCUT2D eigenvalue weighted by Gasteiger charge is 2.35. The maximum Gasteiger partial charge on any atom is 0.218 e. The number of aryl methyl sites for hydroxylation is 1. The Hall–Kier alpha value is -1.69. The standard InChI is InChI=1S/C19H23NO3S/c1-15-8-10-18(11-9-15)19-12-20(16(2)13-23-19)24(21,22)14-17-6-4-3-5-7-17/h3-11,16,19H,12-14H2,1-2H3. The Morgan fingerprint density at radius 1 is 1.08 bits per heavy atom. The zero-order chi connectivity index (χ0) is 17.2. The first-order valence-corrected chi connectivity index (χ1v) is 9.78. The molecular formula is C19H23NO3S. The second-order valence-corrected chi connectivity index (χ2v) is 8.31. The predicted molar refractivity (Wildman–Crippen MR) is 95.1 cm³/mol. The minimum atomic E-state index is -3.38. The van der Waals surface area contributed by atoms with Crippen molar-refractivity contribution in [1.29, 1.82) is 0 Å². The molecule has 0 aliphatic carbocycles. The van der Waals surface area contributed by atoms with Crippen LogP contribution >= 0.6 is 0 Å². The minimum Gasteiger partial charge on any atom is -0.370 e. The van der Waals surface area contributed by atoms with Crippen LogP contribution in [-0.2, 0) is 20.5 Å². The third kappa shape index (κ3) is 3.86. The Labute approximate surface area is 144 Å². The van der Waals surface area contributed by atoms with Gasteiger partial charge in [0.25, 0.3) is 0 Å². The average Bonchev–Trinajstić information content (AvgIpc) is 2.56. The maximum atomic E-state index is 12.9. The number of hydrogen-bond acceptors (Lipinski definition) is 3. The molecule has 1 heterocycles. The fraction of sp³-hybridized carbons (Fsp3) is 0.368. The highest BCUT2D eigenvalue weighted by molar-refractivity contribution is 7.88. The molecule has 1 aliphatic rings. The van der Waals surface area contributed by atoms with Gasteiger partial charge in [0.1, 0.15) is 0 Å². The number of hydrogen-bond donors (Lipinski definition) is 0. The summed E-state index contributed by atoms with van der Waals surface area (Å²) in [5.41, 5.74) is 3.01. The fourth-order valence-corrected chi connectivity index (χ4v) is 4.72. The van der Waals surface area contributed by atoms with Crippen LogP contribution in [0.1, 0.15) is 29.7 Å². The van der Waals surface area contributed by atoms with E-state index in [-0.39, 0.29) is 17.9 Å². The van der Waals surface area contributed by atoms with E-state index in [4.69, 9.17) is 4.74 Å². The number of morpholine rings is 1. The second-order valence-electron chi connectivity index (χ2n) is 6.39. The Morgan fingerprint density at radius 2 is 1.75 bits per heavy atom. The summed E-state index contributed by atoms with van der Waals surface area (Å²) in [5.74, 6) is 0.0266. The Balaban J connectivity index is 1.79. The Bertz CT molecular complexity index is 772. The monoisotopic (exact) mass is 345 g/mol. The van der Waals surface area contributed by atoms with E-state index in [9.17, 15) is 8.42 Å². The van der Waals surface area contributed by atoms with Crippen molar-refractivity contribution in [2.75, 3.05) is 13.2 Å². The van der Waals surface area contributed by atoms with E-state index < -0.39 is 10.0 Å². The van der Waals surface area contributed by atoms with Crippen molar-refractivity contribution >= 4 is 10.0 Å². The van der Waals surface area contributed by atoms with Gasteiger partial charge in [0.05, 0.1) is 18.5 Å². The van der Waals surface area contributed by atoms with Crippen LogP contribution in [0.4, 0.5) is 0 Å². The number of ether oxygens (including phenoxy) is 1. The largest absolute Gasteiger partial charge is 0.370 e. The van der Waals surface area contributed by atoms with Gasteiger partial charge in [-0.15, -0.1) is 0 Å². The summed E-state index contributed by atoms with van der Waals surface area (Å²) in [6.07, 6.45) is -0.215. The molecular weight excluding hydrogens is 322 g/mol. The summed E-state index contributed by atoms with van der Waals surface area (Å²) in [5, 5.41) is 0. The van der Waals surface area contributed by atoms with Crippen LogP contribution in [0.25, 0.3) is 0 Å². The molecule has 2 aromatic carbocycles. The summed E-state index contributed by atoms with van der Waals surface area (Å²) in [4.78, 5) is 0. The lowest BCUT2D eigenvalue weighted by Gasteiger charge is -2.37. The average molecular weight is 345 g/mol. The number of benzene rings is 2. The molecule has 1 aliphatic heterocycles. The fourth-order valence-electron chi connectivity index (χ4n) is 2.97. The molecule has 2 aromatic rings. The molecule has 4 nitrogen and oxygen atoms in total. The topological polar surface area (TPSA) is 46.6 Å². The molecule has 24 heavy (non-hydrogen) atoms. The number of nitrogens with zero attached hydrogens (tertiary/aromatic N) is 1. The molecule has 1 saturated heterocycles. The summed E-state index contributed by atoms with van der Waals surface area (Å²) < 4.78 is 33.2. The molecule has 5 heteroatoms. The molecule has 0 radical (unpaired) electrons. The van der Waals surface area contributed by atoms with Gasteiger partial charge in [-0.2, -0.15) is 4.31 Å². The lowest BCUT2D eigenvalue weighted by Crippen LogP contribution is -2.48. The van der Waals surface area contributed by atoms with Crippen LogP contribution < -0.4 is 0 Å². The molecule has 1 fully saturated rings. The van der Waals surface area contributed by atoms with Gasteiger partial charge in [-0.05, 0) is 25.0 Å². The summed E-state index contributed by atoms with van der Waals surface area (Å²) in [7, 11) is -3.38. The van der Waals surface area contributed by atoms with Crippen LogP contribution in [0.2, 0.25) is 0 Å². The van der Waals surface area contributed by atoms with Gasteiger partial charge in [-0.1, -0.05) is 60.2 Å². The predicted octanol–water partition coefficient (Wildman–Crippen LogP) is 3.29. The number of rotatable bonds is 4. The van der Waals surface area contributed by atoms with Crippen LogP contribution in [0.5, 0.6) is 0 Å². The first-order valence-electron chi connectivity index (χ1n) is 8.17. The highest BCUT2D eigenvalue weighted by Crippen LogP contribution is 2.28. The van der Waals surface area contributed by atoms with E-state index in [1.807, 2.05) is 68.4 Å². The molecule has 0 saturated carbocycles. The van der Waals surface area contributed by atoms with Crippen molar-refractivity contribution in [3.05, 3.63) is 71.3 Å². The summed E-state index contributed by atoms with van der Waals surface area (Å²) in [6, 6.07) is 17.2. The first-order chi connectivity index (χ1) is 11.5. The van der Waals surface area contributed by atoms with Crippen molar-refractivity contribution in [3.63, 3.8) is 0 Å². The molecule has 0 bridgehead atoms. The van der Waals surface area contributed by atoms with Crippen molar-refractivity contribution in [2.24, 2.45) is 0 Å². The van der Waals surface area contributed by atoms with Gasteiger partial charge in [0.15, 0.2) is 0 Å². The highest BCUT2D eigenvalue weighted by atomic mass is 32.2. The third-order valence-corrected chi connectivity index (χ3v) is 6.30. The zero-order valence-corrected chi connectivity index (χ0v) is 14.9. The Kier molecular flexibility index (Phi) is 5.04. The van der Waals surface area contributed by atoms with Crippen molar-refractivity contribution < 1.29 is 13.2 Å². The second kappa shape index (κ2) is 7.05. The van der Waals surface area contributed by atoms with Gasteiger partial charge in [0, 0.05) is 12.6 Å². The van der Waals surface area contributed by atoms with Gasteiger partial charge in [-0.25, -0.2) is 8.42 Å². The summed E-state index contributed by atoms with van der Waals surface area (Å²) in [6.45, 7) is 4.70. The molecule has 2 unspecified atom stereocenters. The molecule has 0 aromatic heterocycles. The molecule has 0 amide bonds. The molecule has 3 rings (SSSR count). The molecule has 0 N–H and O–H groups in total. The van der Waals surface area contributed by atoms with Crippen LogP contribution in [0.15, 0.2) is 54.6 Å². The molecule has 2 atom stereocenters. The van der Waals surface area contributed by atoms with E-state index in [0.29, 0.717) is 13.2 Å². The van der Waals surface area contributed by atoms with Gasteiger partial charge in [-0.3, -0.25) is 0 Å². The van der Waals surface area contributed by atoms with Crippen LogP contribution in [0.3, 0.4) is 0 Å². The van der Waals surface area contributed by atoms with E-state index in [0.717, 1.165) is 11.1 Å². The van der Waals surface area contributed by atoms with E-state index in [1.165, 1.54) is 5.56 Å². The quantitative estimate of drug-likeness (QED) is 0.854. The van der Waals surface area contributed by atoms with Crippen LogP contribution in [-0.4, -0.2) is 31.9 Å². The third-order valence-electron chi connectivity index (χ3n) is 4.37. The normalized spacial score (nSPS) is 22.4. The SMILES string of the molecule is Cc1ccc(C2CN(S(=O)(=O)Cc3ccccc3)C(C)CO2)cc1. The van der Waals surface area contributed by atoms with E-state index >= 15 is 0 Å². The van der Waals surface area contributed by atoms with E-state index in [1.54, 1.807) is 4.31 Å². The molecule has 0 spiro atoms. The minimum absolute atomic E-state index is 0.0266. The van der Waals surface area contributed by atoms with Gasteiger partial charge < -0.3 is 4.74 Å². The van der Waals surface area contributed by atoms with Crippen LogP contribution in [0, 0.1) is 6.92 Å². The Morgan fingerprint density at radius 3 is 2.42 bits per heavy atom. The van der Waals surface area contributed by atoms with Crippen molar-refractivity contribution in [3.8, 4) is 0 Å². The van der Waals surface area contributed by atoms with E-state index in [2.05, 4.69) is 0 Å². The summed E-state index contributed by atoms with van der Waals surface area (Å²) >= 11 is 0.